The van der Waals surface area contributed by atoms with Gasteiger partial charge in [-0.25, -0.2) is 0 Å². The highest BCUT2D eigenvalue weighted by Crippen LogP contribution is 2.36. The van der Waals surface area contributed by atoms with Crippen LogP contribution < -0.4 is 0 Å². The van der Waals surface area contributed by atoms with Crippen LogP contribution in [0.4, 0.5) is 5.69 Å². The molecule has 138 valence electrons. The molecule has 0 atom stereocenters. The molecule has 0 saturated carbocycles. The Balaban J connectivity index is 2.05. The first-order valence-corrected chi connectivity index (χ1v) is 9.53. The molecule has 0 spiro atoms. The van der Waals surface area contributed by atoms with Crippen molar-refractivity contribution in [3.05, 3.63) is 83.4 Å². The summed E-state index contributed by atoms with van der Waals surface area (Å²) in [5.74, 6) is 1.04. The number of hydrogen-bond donors (Lipinski definition) is 1. The second-order valence-electron chi connectivity index (χ2n) is 7.46. The molecule has 0 aromatic heterocycles. The van der Waals surface area contributed by atoms with Gasteiger partial charge in [-0.05, 0) is 34.6 Å². The van der Waals surface area contributed by atoms with Crippen molar-refractivity contribution < 1.29 is 5.11 Å². The van der Waals surface area contributed by atoms with Gasteiger partial charge in [0, 0.05) is 17.3 Å². The lowest BCUT2D eigenvalue weighted by molar-refractivity contribution is 0.476. The molecule has 0 heterocycles. The lowest BCUT2D eigenvalue weighted by Crippen LogP contribution is -1.96. The minimum atomic E-state index is 0.264. The van der Waals surface area contributed by atoms with Gasteiger partial charge in [0.1, 0.15) is 5.75 Å². The van der Waals surface area contributed by atoms with E-state index in [9.17, 15) is 5.11 Å². The molecule has 0 aliphatic carbocycles. The molecule has 27 heavy (non-hydrogen) atoms. The van der Waals surface area contributed by atoms with Gasteiger partial charge < -0.3 is 5.11 Å². The molecule has 3 aromatic rings. The third-order valence-electron chi connectivity index (χ3n) is 4.83. The summed E-state index contributed by atoms with van der Waals surface area (Å²) in [6.45, 7) is 8.75. The minimum absolute atomic E-state index is 0.264. The van der Waals surface area contributed by atoms with Crippen molar-refractivity contribution in [3.8, 4) is 16.9 Å². The van der Waals surface area contributed by atoms with Gasteiger partial charge in [-0.2, -0.15) is 0 Å². The Kier molecular flexibility index (Phi) is 5.75. The molecule has 0 amide bonds. The van der Waals surface area contributed by atoms with Crippen molar-refractivity contribution in [2.45, 2.75) is 39.5 Å². The number of phenols is 1. The summed E-state index contributed by atoms with van der Waals surface area (Å²) >= 11 is 0. The Hall–Kier alpha value is -2.87. The van der Waals surface area contributed by atoms with E-state index < -0.39 is 0 Å². The predicted molar refractivity (Wildman–Crippen MR) is 115 cm³/mol. The summed E-state index contributed by atoms with van der Waals surface area (Å²) in [6, 6.07) is 22.1. The molecule has 2 nitrogen and oxygen atoms in total. The van der Waals surface area contributed by atoms with Crippen LogP contribution in [0.1, 0.15) is 56.2 Å². The number of aromatic hydroxyl groups is 1. The molecular weight excluding hydrogens is 330 g/mol. The Morgan fingerprint density at radius 1 is 0.741 bits per heavy atom. The van der Waals surface area contributed by atoms with Crippen molar-refractivity contribution in [1.29, 1.82) is 0 Å². The van der Waals surface area contributed by atoms with Crippen LogP contribution in [-0.2, 0) is 0 Å². The zero-order valence-electron chi connectivity index (χ0n) is 16.5. The Morgan fingerprint density at radius 2 is 1.33 bits per heavy atom. The van der Waals surface area contributed by atoms with Gasteiger partial charge in [-0.3, -0.25) is 4.99 Å². The monoisotopic (exact) mass is 357 g/mol. The molecule has 0 unspecified atom stereocenters. The average Bonchev–Trinajstić information content (AvgIpc) is 2.67. The molecule has 1 N–H and O–H groups in total. The van der Waals surface area contributed by atoms with Crippen LogP contribution in [0.2, 0.25) is 0 Å². The number of nitrogens with zero attached hydrogens (tertiary/aromatic N) is 1. The topological polar surface area (TPSA) is 32.6 Å². The van der Waals surface area contributed by atoms with Crippen LogP contribution in [0.3, 0.4) is 0 Å². The first kappa shape index (κ1) is 18.9. The number of rotatable bonds is 5. The third-order valence-corrected chi connectivity index (χ3v) is 4.83. The van der Waals surface area contributed by atoms with Crippen LogP contribution in [0.15, 0.2) is 71.7 Å². The Bertz CT molecular complexity index is 914. The first-order valence-electron chi connectivity index (χ1n) is 9.53. The van der Waals surface area contributed by atoms with E-state index in [2.05, 4.69) is 45.9 Å². The standard InChI is InChI=1S/C25H27NO/c1-17(2)21-13-9-14-22(18(3)4)24(21)26-16-20-12-8-15-23(25(20)27)19-10-6-5-7-11-19/h5-18,27H,1-4H3/b26-16+. The minimum Gasteiger partial charge on any atom is -0.507 e. The van der Waals surface area contributed by atoms with Gasteiger partial charge in [-0.1, -0.05) is 88.4 Å². The predicted octanol–water partition coefficient (Wildman–Crippen LogP) is 7.06. The summed E-state index contributed by atoms with van der Waals surface area (Å²) in [5.41, 5.74) is 6.03. The number of hydrogen-bond acceptors (Lipinski definition) is 2. The SMILES string of the molecule is CC(C)c1cccc(C(C)C)c1/N=C/c1cccc(-c2ccccc2)c1O. The molecular formula is C25H27NO. The van der Waals surface area contributed by atoms with Crippen molar-refractivity contribution in [3.63, 3.8) is 0 Å². The fourth-order valence-corrected chi connectivity index (χ4v) is 3.31. The van der Waals surface area contributed by atoms with Gasteiger partial charge in [0.2, 0.25) is 0 Å². The number of benzene rings is 3. The summed E-state index contributed by atoms with van der Waals surface area (Å²) in [4.78, 5) is 4.83. The average molecular weight is 357 g/mol. The third kappa shape index (κ3) is 4.11. The van der Waals surface area contributed by atoms with Crippen LogP contribution in [0.25, 0.3) is 11.1 Å². The molecule has 3 rings (SSSR count). The molecule has 2 heteroatoms. The summed E-state index contributed by atoms with van der Waals surface area (Å²) in [6.07, 6.45) is 1.79. The normalized spacial score (nSPS) is 11.6. The van der Waals surface area contributed by atoms with Crippen molar-refractivity contribution in [2.24, 2.45) is 4.99 Å². The van der Waals surface area contributed by atoms with E-state index in [-0.39, 0.29) is 5.75 Å². The molecule has 3 aromatic carbocycles. The molecule has 0 saturated heterocycles. The Labute approximate surface area is 162 Å². The van der Waals surface area contributed by atoms with Gasteiger partial charge in [-0.15, -0.1) is 0 Å². The van der Waals surface area contributed by atoms with E-state index in [0.29, 0.717) is 11.8 Å². The van der Waals surface area contributed by atoms with E-state index in [1.54, 1.807) is 6.21 Å². The zero-order chi connectivity index (χ0) is 19.4. The summed E-state index contributed by atoms with van der Waals surface area (Å²) < 4.78 is 0. The molecule has 0 radical (unpaired) electrons. The van der Waals surface area contributed by atoms with E-state index in [4.69, 9.17) is 4.99 Å². The van der Waals surface area contributed by atoms with E-state index in [1.807, 2.05) is 48.5 Å². The van der Waals surface area contributed by atoms with Crippen LogP contribution in [0, 0.1) is 0 Å². The van der Waals surface area contributed by atoms with Crippen molar-refractivity contribution in [2.75, 3.05) is 0 Å². The van der Waals surface area contributed by atoms with Crippen LogP contribution >= 0.6 is 0 Å². The maximum absolute atomic E-state index is 10.8. The first-order chi connectivity index (χ1) is 13.0. The van der Waals surface area contributed by atoms with E-state index in [0.717, 1.165) is 22.4 Å². The molecule has 0 bridgehead atoms. The largest absolute Gasteiger partial charge is 0.507 e. The highest BCUT2D eigenvalue weighted by atomic mass is 16.3. The molecule has 0 aliphatic rings. The van der Waals surface area contributed by atoms with Gasteiger partial charge >= 0.3 is 0 Å². The lowest BCUT2D eigenvalue weighted by Gasteiger charge is -2.16. The van der Waals surface area contributed by atoms with Crippen molar-refractivity contribution in [1.82, 2.24) is 0 Å². The zero-order valence-corrected chi connectivity index (χ0v) is 16.5. The van der Waals surface area contributed by atoms with Crippen molar-refractivity contribution >= 4 is 11.9 Å². The highest BCUT2D eigenvalue weighted by Gasteiger charge is 2.13. The van der Waals surface area contributed by atoms with Gasteiger partial charge in [0.25, 0.3) is 0 Å². The van der Waals surface area contributed by atoms with Gasteiger partial charge in [0.05, 0.1) is 5.69 Å². The second kappa shape index (κ2) is 8.22. The van der Waals surface area contributed by atoms with E-state index >= 15 is 0 Å². The van der Waals surface area contributed by atoms with E-state index in [1.165, 1.54) is 11.1 Å². The molecule has 0 fully saturated rings. The van der Waals surface area contributed by atoms with Gasteiger partial charge in [0.15, 0.2) is 0 Å². The maximum Gasteiger partial charge on any atom is 0.132 e. The Morgan fingerprint density at radius 3 is 1.93 bits per heavy atom. The fraction of sp³-hybridized carbons (Fsp3) is 0.240. The van der Waals surface area contributed by atoms with Crippen LogP contribution in [0.5, 0.6) is 5.75 Å². The number of aliphatic imine (C=N–C) groups is 1. The summed E-state index contributed by atoms with van der Waals surface area (Å²) in [5, 5.41) is 10.8. The number of para-hydroxylation sites is 2. The lowest BCUT2D eigenvalue weighted by atomic mass is 9.93. The quantitative estimate of drug-likeness (QED) is 0.487. The smallest absolute Gasteiger partial charge is 0.132 e. The molecule has 0 aliphatic heterocycles. The number of phenolic OH excluding ortho intramolecular Hbond substituents is 1. The second-order valence-corrected chi connectivity index (χ2v) is 7.46. The highest BCUT2D eigenvalue weighted by molar-refractivity contribution is 5.90. The summed E-state index contributed by atoms with van der Waals surface area (Å²) in [7, 11) is 0. The fourth-order valence-electron chi connectivity index (χ4n) is 3.31. The maximum atomic E-state index is 10.8. The van der Waals surface area contributed by atoms with Crippen LogP contribution in [-0.4, -0.2) is 11.3 Å².